The zero-order valence-electron chi connectivity index (χ0n) is 9.17. The fourth-order valence-electron chi connectivity index (χ4n) is 1.32. The van der Waals surface area contributed by atoms with Crippen LogP contribution in [0, 0.1) is 23.0 Å². The fourth-order valence-corrected chi connectivity index (χ4v) is 1.32. The lowest BCUT2D eigenvalue weighted by Gasteiger charge is -2.05. The highest BCUT2D eigenvalue weighted by atomic mass is 19.2. The molecule has 0 heterocycles. The van der Waals surface area contributed by atoms with E-state index in [1.54, 1.807) is 0 Å². The summed E-state index contributed by atoms with van der Waals surface area (Å²) in [7, 11) is 0. The Morgan fingerprint density at radius 1 is 1.41 bits per heavy atom. The zero-order chi connectivity index (χ0) is 12.7. The van der Waals surface area contributed by atoms with E-state index in [1.807, 2.05) is 6.07 Å². The number of rotatable bonds is 5. The molecule has 5 heteroatoms. The molecule has 1 aromatic carbocycles. The van der Waals surface area contributed by atoms with Crippen LogP contribution in [0.4, 0.5) is 8.78 Å². The van der Waals surface area contributed by atoms with Crippen LogP contribution >= 0.6 is 0 Å². The van der Waals surface area contributed by atoms with Crippen LogP contribution in [0.5, 0.6) is 0 Å². The van der Waals surface area contributed by atoms with Gasteiger partial charge in [-0.2, -0.15) is 5.26 Å². The molecule has 0 atom stereocenters. The first kappa shape index (κ1) is 13.1. The van der Waals surface area contributed by atoms with Gasteiger partial charge in [-0.1, -0.05) is 12.1 Å². The molecule has 0 bridgehead atoms. The molecule has 0 radical (unpaired) electrons. The lowest BCUT2D eigenvalue weighted by atomic mass is 10.1. The molecule has 0 unspecified atom stereocenters. The smallest absolute Gasteiger partial charge is 0.224 e. The molecular formula is C12H12F2N2O. The number of nitrogens with one attached hydrogen (secondary N) is 1. The van der Waals surface area contributed by atoms with Crippen molar-refractivity contribution in [2.24, 2.45) is 0 Å². The number of unbranched alkanes of at least 4 members (excludes halogenated alkanes) is 1. The summed E-state index contributed by atoms with van der Waals surface area (Å²) in [6.07, 6.45) is 0.707. The van der Waals surface area contributed by atoms with Crippen LogP contribution in [0.1, 0.15) is 18.4 Å². The average Bonchev–Trinajstić information content (AvgIpc) is 2.31. The molecule has 1 aromatic rings. The Kier molecular flexibility index (Phi) is 5.08. The van der Waals surface area contributed by atoms with Gasteiger partial charge in [-0.15, -0.1) is 0 Å². The predicted octanol–water partition coefficient (Wildman–Crippen LogP) is 1.93. The van der Waals surface area contributed by atoms with Crippen LogP contribution in [0.3, 0.4) is 0 Å². The van der Waals surface area contributed by atoms with Crippen LogP contribution in [0.15, 0.2) is 18.2 Å². The second kappa shape index (κ2) is 6.59. The highest BCUT2D eigenvalue weighted by Gasteiger charge is 2.10. The molecule has 0 spiro atoms. The van der Waals surface area contributed by atoms with Gasteiger partial charge in [-0.05, 0) is 12.5 Å². The minimum Gasteiger partial charge on any atom is -0.356 e. The van der Waals surface area contributed by atoms with Gasteiger partial charge < -0.3 is 5.32 Å². The molecular weight excluding hydrogens is 226 g/mol. The standard InChI is InChI=1S/C12H12F2N2O/c13-10-5-3-4-9(12(10)14)8-11(17)16-7-2-1-6-15/h3-5H,1-2,7-8H2,(H,16,17). The quantitative estimate of drug-likeness (QED) is 0.797. The van der Waals surface area contributed by atoms with Gasteiger partial charge in [-0.3, -0.25) is 4.79 Å². The number of hydrogen-bond donors (Lipinski definition) is 1. The van der Waals surface area contributed by atoms with Gasteiger partial charge in [-0.25, -0.2) is 8.78 Å². The van der Waals surface area contributed by atoms with E-state index in [2.05, 4.69) is 5.32 Å². The summed E-state index contributed by atoms with van der Waals surface area (Å²) in [6.45, 7) is 0.364. The zero-order valence-corrected chi connectivity index (χ0v) is 9.17. The monoisotopic (exact) mass is 238 g/mol. The average molecular weight is 238 g/mol. The van der Waals surface area contributed by atoms with E-state index in [9.17, 15) is 13.6 Å². The van der Waals surface area contributed by atoms with Gasteiger partial charge in [0.2, 0.25) is 5.91 Å². The molecule has 0 aliphatic carbocycles. The van der Waals surface area contributed by atoms with E-state index in [0.717, 1.165) is 6.07 Å². The fraction of sp³-hybridized carbons (Fsp3) is 0.333. The minimum atomic E-state index is -0.986. The van der Waals surface area contributed by atoms with Crippen molar-refractivity contribution in [3.8, 4) is 6.07 Å². The number of nitriles is 1. The normalized spacial score (nSPS) is 9.71. The molecule has 90 valence electrons. The van der Waals surface area contributed by atoms with E-state index in [0.29, 0.717) is 19.4 Å². The largest absolute Gasteiger partial charge is 0.356 e. The third-order valence-corrected chi connectivity index (χ3v) is 2.17. The summed E-state index contributed by atoms with van der Waals surface area (Å²) < 4.78 is 26.0. The maximum absolute atomic E-state index is 13.2. The number of benzene rings is 1. The van der Waals surface area contributed by atoms with E-state index >= 15 is 0 Å². The minimum absolute atomic E-state index is 0.0304. The van der Waals surface area contributed by atoms with E-state index in [-0.39, 0.29) is 17.9 Å². The molecule has 17 heavy (non-hydrogen) atoms. The first-order valence-corrected chi connectivity index (χ1v) is 5.21. The molecule has 0 saturated carbocycles. The highest BCUT2D eigenvalue weighted by molar-refractivity contribution is 5.78. The summed E-state index contributed by atoms with van der Waals surface area (Å²) in [5.41, 5.74) is 0.0304. The number of halogens is 2. The molecule has 3 nitrogen and oxygen atoms in total. The number of nitrogens with zero attached hydrogens (tertiary/aromatic N) is 1. The molecule has 0 saturated heterocycles. The molecule has 0 aliphatic rings. The highest BCUT2D eigenvalue weighted by Crippen LogP contribution is 2.11. The second-order valence-electron chi connectivity index (χ2n) is 3.50. The van der Waals surface area contributed by atoms with Crippen molar-refractivity contribution in [2.45, 2.75) is 19.3 Å². The topological polar surface area (TPSA) is 52.9 Å². The Labute approximate surface area is 98.1 Å². The summed E-state index contributed by atoms with van der Waals surface area (Å²) in [4.78, 5) is 11.4. The van der Waals surface area contributed by atoms with Gasteiger partial charge in [0.1, 0.15) is 0 Å². The Hall–Kier alpha value is -1.96. The van der Waals surface area contributed by atoms with Crippen LogP contribution in [0.25, 0.3) is 0 Å². The molecule has 1 amide bonds. The third kappa shape index (κ3) is 4.19. The summed E-state index contributed by atoms with van der Waals surface area (Å²) in [5.74, 6) is -2.33. The van der Waals surface area contributed by atoms with Gasteiger partial charge in [0, 0.05) is 18.5 Å². The Morgan fingerprint density at radius 2 is 2.18 bits per heavy atom. The Bertz CT molecular complexity index is 441. The molecule has 1 rings (SSSR count). The van der Waals surface area contributed by atoms with Crippen molar-refractivity contribution < 1.29 is 13.6 Å². The third-order valence-electron chi connectivity index (χ3n) is 2.17. The van der Waals surface area contributed by atoms with Crippen LogP contribution in [0.2, 0.25) is 0 Å². The van der Waals surface area contributed by atoms with Crippen LogP contribution < -0.4 is 5.32 Å². The molecule has 0 aromatic heterocycles. The van der Waals surface area contributed by atoms with Crippen molar-refractivity contribution in [3.05, 3.63) is 35.4 Å². The van der Waals surface area contributed by atoms with Crippen molar-refractivity contribution in [1.82, 2.24) is 5.32 Å². The Morgan fingerprint density at radius 3 is 2.88 bits per heavy atom. The summed E-state index contributed by atoms with van der Waals surface area (Å²) in [5, 5.41) is 10.8. The first-order valence-electron chi connectivity index (χ1n) is 5.21. The second-order valence-corrected chi connectivity index (χ2v) is 3.50. The van der Waals surface area contributed by atoms with Crippen molar-refractivity contribution in [1.29, 1.82) is 5.26 Å². The number of carbonyl (C=O) groups is 1. The lowest BCUT2D eigenvalue weighted by Crippen LogP contribution is -2.26. The lowest BCUT2D eigenvalue weighted by molar-refractivity contribution is -0.120. The van der Waals surface area contributed by atoms with Gasteiger partial charge >= 0.3 is 0 Å². The molecule has 0 fully saturated rings. The maximum atomic E-state index is 13.2. The Balaban J connectivity index is 2.46. The molecule has 0 aliphatic heterocycles. The summed E-state index contributed by atoms with van der Waals surface area (Å²) >= 11 is 0. The van der Waals surface area contributed by atoms with E-state index in [4.69, 9.17) is 5.26 Å². The maximum Gasteiger partial charge on any atom is 0.224 e. The number of hydrogen-bond acceptors (Lipinski definition) is 2. The van der Waals surface area contributed by atoms with Crippen LogP contribution in [-0.2, 0) is 11.2 Å². The van der Waals surface area contributed by atoms with E-state index in [1.165, 1.54) is 12.1 Å². The first-order chi connectivity index (χ1) is 8.15. The van der Waals surface area contributed by atoms with Crippen molar-refractivity contribution >= 4 is 5.91 Å². The predicted molar refractivity (Wildman–Crippen MR) is 57.9 cm³/mol. The summed E-state index contributed by atoms with van der Waals surface area (Å²) in [6, 6.07) is 5.68. The van der Waals surface area contributed by atoms with Crippen molar-refractivity contribution in [3.63, 3.8) is 0 Å². The van der Waals surface area contributed by atoms with E-state index < -0.39 is 11.6 Å². The van der Waals surface area contributed by atoms with Gasteiger partial charge in [0.25, 0.3) is 0 Å². The number of carbonyl (C=O) groups excluding carboxylic acids is 1. The SMILES string of the molecule is N#CCCCNC(=O)Cc1cccc(F)c1F. The molecule has 1 N–H and O–H groups in total. The van der Waals surface area contributed by atoms with Crippen molar-refractivity contribution in [2.75, 3.05) is 6.54 Å². The van der Waals surface area contributed by atoms with Gasteiger partial charge in [0.05, 0.1) is 12.5 Å². The van der Waals surface area contributed by atoms with Crippen LogP contribution in [-0.4, -0.2) is 12.5 Å². The van der Waals surface area contributed by atoms with Gasteiger partial charge in [0.15, 0.2) is 11.6 Å². The number of amides is 1.